The number of hydrogen-bond acceptors (Lipinski definition) is 2. The minimum absolute atomic E-state index is 0.187. The molecule has 0 aromatic rings. The molecule has 0 aromatic carbocycles. The summed E-state index contributed by atoms with van der Waals surface area (Å²) in [6.07, 6.45) is 0. The predicted octanol–water partition coefficient (Wildman–Crippen LogP) is 1.12. The zero-order valence-corrected chi connectivity index (χ0v) is 6.39. The van der Waals surface area contributed by atoms with E-state index in [1.54, 1.807) is 0 Å². The first kappa shape index (κ1) is 7.10. The highest BCUT2D eigenvalue weighted by molar-refractivity contribution is 6.19. The van der Waals surface area contributed by atoms with Crippen LogP contribution in [-0.4, -0.2) is 18.9 Å². The maximum Gasteiger partial charge on any atom is 0.488 e. The van der Waals surface area contributed by atoms with Crippen molar-refractivity contribution in [3.05, 3.63) is 0 Å². The predicted molar refractivity (Wildman–Crippen MR) is 36.1 cm³/mol. The molecule has 0 aliphatic carbocycles. The van der Waals surface area contributed by atoms with Crippen LogP contribution >= 0.6 is 0 Å². The molecule has 1 rings (SSSR count). The van der Waals surface area contributed by atoms with E-state index in [0.717, 1.165) is 0 Å². The Labute approximate surface area is 56.8 Å². The Morgan fingerprint density at radius 2 is 1.22 bits per heavy atom. The molecule has 1 fully saturated rings. The summed E-state index contributed by atoms with van der Waals surface area (Å²) in [5.41, 5.74) is -0.375. The van der Waals surface area contributed by atoms with Crippen LogP contribution in [0.2, 0.25) is 0 Å². The third-order valence-corrected chi connectivity index (χ3v) is 2.14. The normalized spacial score (nSPS) is 29.8. The fourth-order valence-electron chi connectivity index (χ4n) is 0.548. The van der Waals surface area contributed by atoms with Gasteiger partial charge in [0.05, 0.1) is 11.2 Å². The second kappa shape index (κ2) is 1.73. The first-order valence-corrected chi connectivity index (χ1v) is 3.13. The minimum atomic E-state index is -0.188. The smallest absolute Gasteiger partial charge is 0.405 e. The van der Waals surface area contributed by atoms with Crippen molar-refractivity contribution in [2.45, 2.75) is 38.9 Å². The van der Waals surface area contributed by atoms with Crippen molar-refractivity contribution in [1.82, 2.24) is 0 Å². The van der Waals surface area contributed by atoms with Crippen LogP contribution in [-0.2, 0) is 9.31 Å². The molecule has 1 aliphatic heterocycles. The average Bonchev–Trinajstić information content (AvgIpc) is 1.81. The topological polar surface area (TPSA) is 18.5 Å². The first-order valence-electron chi connectivity index (χ1n) is 3.13. The summed E-state index contributed by atoms with van der Waals surface area (Å²) in [5.74, 6) is 0. The van der Waals surface area contributed by atoms with Crippen molar-refractivity contribution < 1.29 is 9.31 Å². The second-order valence-electron chi connectivity index (χ2n) is 3.35. The highest BCUT2D eigenvalue weighted by Gasteiger charge is 2.44. The Morgan fingerprint density at radius 1 is 0.889 bits per heavy atom. The Bertz CT molecular complexity index is 106. The van der Waals surface area contributed by atoms with E-state index in [9.17, 15) is 0 Å². The van der Waals surface area contributed by atoms with E-state index in [1.807, 2.05) is 27.7 Å². The first-order chi connectivity index (χ1) is 3.96. The summed E-state index contributed by atoms with van der Waals surface area (Å²) < 4.78 is 10.4. The maximum absolute atomic E-state index is 5.21. The molecule has 0 aromatic heterocycles. The van der Waals surface area contributed by atoms with Gasteiger partial charge in [-0.1, -0.05) is 0 Å². The van der Waals surface area contributed by atoms with Crippen molar-refractivity contribution in [3.63, 3.8) is 0 Å². The second-order valence-corrected chi connectivity index (χ2v) is 3.35. The van der Waals surface area contributed by atoms with Crippen molar-refractivity contribution in [3.8, 4) is 0 Å². The molecule has 0 saturated carbocycles. The van der Waals surface area contributed by atoms with Crippen LogP contribution in [0, 0.1) is 0 Å². The summed E-state index contributed by atoms with van der Waals surface area (Å²) in [4.78, 5) is 0. The van der Waals surface area contributed by atoms with Gasteiger partial charge in [-0.05, 0) is 27.7 Å². The van der Waals surface area contributed by atoms with E-state index in [2.05, 4.69) is 0 Å². The van der Waals surface area contributed by atoms with Crippen LogP contribution in [0.4, 0.5) is 0 Å². The SMILES string of the molecule is CC1(C)O[10B]OC1(C)C. The van der Waals surface area contributed by atoms with Gasteiger partial charge in [0.2, 0.25) is 0 Å². The lowest BCUT2D eigenvalue weighted by Gasteiger charge is -2.32. The van der Waals surface area contributed by atoms with Crippen LogP contribution in [0.25, 0.3) is 0 Å². The third kappa shape index (κ3) is 0.991. The molecule has 9 heavy (non-hydrogen) atoms. The zero-order chi connectivity index (χ0) is 7.12. The highest BCUT2D eigenvalue weighted by atomic mass is 16.6. The number of rotatable bonds is 0. The van der Waals surface area contributed by atoms with Crippen LogP contribution < -0.4 is 0 Å². The summed E-state index contributed by atoms with van der Waals surface area (Å²) >= 11 is 0. The molecule has 1 aliphatic rings. The van der Waals surface area contributed by atoms with E-state index in [-0.39, 0.29) is 11.2 Å². The fraction of sp³-hybridized carbons (Fsp3) is 1.00. The molecular formula is C6H12BO2. The Hall–Kier alpha value is -0.0151. The zero-order valence-electron chi connectivity index (χ0n) is 6.39. The number of hydrogen-bond donors (Lipinski definition) is 0. The lowest BCUT2D eigenvalue weighted by atomic mass is 9.68. The molecule has 1 heterocycles. The maximum atomic E-state index is 5.21. The molecule has 51 valence electrons. The molecule has 2 nitrogen and oxygen atoms in total. The van der Waals surface area contributed by atoms with Gasteiger partial charge in [-0.3, -0.25) is 0 Å². The summed E-state index contributed by atoms with van der Waals surface area (Å²) in [6.45, 7) is 8.04. The van der Waals surface area contributed by atoms with Crippen LogP contribution in [0.3, 0.4) is 0 Å². The largest absolute Gasteiger partial charge is 0.488 e. The van der Waals surface area contributed by atoms with Crippen molar-refractivity contribution in [1.29, 1.82) is 0 Å². The fourth-order valence-corrected chi connectivity index (χ4v) is 0.548. The van der Waals surface area contributed by atoms with Crippen LogP contribution in [0.5, 0.6) is 0 Å². The van der Waals surface area contributed by atoms with Gasteiger partial charge < -0.3 is 9.31 Å². The molecule has 3 heteroatoms. The van der Waals surface area contributed by atoms with E-state index < -0.39 is 0 Å². The molecule has 0 spiro atoms. The van der Waals surface area contributed by atoms with E-state index in [0.29, 0.717) is 0 Å². The standard InChI is InChI=1S/C6H12BO2/c1-5(2)6(3,4)9-7-8-5/h1-4H3/i7-1. The van der Waals surface area contributed by atoms with Crippen molar-refractivity contribution >= 4 is 7.69 Å². The molecular weight excluding hydrogens is 114 g/mol. The Kier molecular flexibility index (Phi) is 1.37. The van der Waals surface area contributed by atoms with Gasteiger partial charge in [0.15, 0.2) is 0 Å². The summed E-state index contributed by atoms with van der Waals surface area (Å²) in [6, 6.07) is 0. The molecule has 0 atom stereocenters. The van der Waals surface area contributed by atoms with Crippen molar-refractivity contribution in [2.75, 3.05) is 0 Å². The van der Waals surface area contributed by atoms with Crippen LogP contribution in [0.1, 0.15) is 27.7 Å². The van der Waals surface area contributed by atoms with Gasteiger partial charge in [0.1, 0.15) is 0 Å². The van der Waals surface area contributed by atoms with Crippen molar-refractivity contribution in [2.24, 2.45) is 0 Å². The highest BCUT2D eigenvalue weighted by Crippen LogP contribution is 2.33. The lowest BCUT2D eigenvalue weighted by molar-refractivity contribution is 0.00578. The van der Waals surface area contributed by atoms with Gasteiger partial charge >= 0.3 is 7.69 Å². The van der Waals surface area contributed by atoms with Gasteiger partial charge in [0, 0.05) is 0 Å². The molecule has 0 N–H and O–H groups in total. The monoisotopic (exact) mass is 126 g/mol. The van der Waals surface area contributed by atoms with Gasteiger partial charge in [-0.15, -0.1) is 0 Å². The van der Waals surface area contributed by atoms with Gasteiger partial charge in [-0.25, -0.2) is 0 Å². The van der Waals surface area contributed by atoms with Crippen LogP contribution in [0.15, 0.2) is 0 Å². The van der Waals surface area contributed by atoms with E-state index in [4.69, 9.17) is 9.31 Å². The van der Waals surface area contributed by atoms with E-state index >= 15 is 0 Å². The molecule has 0 bridgehead atoms. The Morgan fingerprint density at radius 3 is 1.33 bits per heavy atom. The van der Waals surface area contributed by atoms with Gasteiger partial charge in [-0.2, -0.15) is 0 Å². The molecule has 1 saturated heterocycles. The summed E-state index contributed by atoms with van der Waals surface area (Å²) in [7, 11) is 1.42. The lowest BCUT2D eigenvalue weighted by Crippen LogP contribution is -2.41. The average molecular weight is 126 g/mol. The molecule has 0 unspecified atom stereocenters. The molecule has 0 amide bonds. The Balaban J connectivity index is 2.75. The molecule has 1 radical (unpaired) electrons. The summed E-state index contributed by atoms with van der Waals surface area (Å²) in [5, 5.41) is 0. The quantitative estimate of drug-likeness (QED) is 0.453. The van der Waals surface area contributed by atoms with Gasteiger partial charge in [0.25, 0.3) is 0 Å². The third-order valence-electron chi connectivity index (χ3n) is 2.14. The van der Waals surface area contributed by atoms with E-state index in [1.165, 1.54) is 7.69 Å². The minimum Gasteiger partial charge on any atom is -0.405 e.